The van der Waals surface area contributed by atoms with Crippen molar-refractivity contribution in [2.24, 2.45) is 0 Å². The normalized spacial score (nSPS) is 12.6. The number of hydrogen-bond acceptors (Lipinski definition) is 6. The van der Waals surface area contributed by atoms with E-state index in [0.29, 0.717) is 12.2 Å². The van der Waals surface area contributed by atoms with E-state index in [1.807, 2.05) is 25.3 Å². The summed E-state index contributed by atoms with van der Waals surface area (Å²) in [5, 5.41) is 0. The summed E-state index contributed by atoms with van der Waals surface area (Å²) in [6, 6.07) is 7.26. The maximum atomic E-state index is 12.6. The predicted octanol–water partition coefficient (Wildman–Crippen LogP) is 2.26. The highest BCUT2D eigenvalue weighted by atomic mass is 32.2. The standard InChI is InChI=1S/C20H26N2O6S/c1-13-9-18(15(3)22(13)14(2)11-27-5)19(23)12-28-20(24)16-7-6-8-17(10-16)29(25,26)21-4/h6-10,14,21H,11-12H2,1-5H3/t14-/m0/s1. The molecule has 8 nitrogen and oxygen atoms in total. The van der Waals surface area contributed by atoms with Crippen LogP contribution in [0.2, 0.25) is 0 Å². The van der Waals surface area contributed by atoms with Crippen molar-refractivity contribution in [3.63, 3.8) is 0 Å². The Kier molecular flexibility index (Phi) is 7.34. The third-order valence-corrected chi connectivity index (χ3v) is 6.03. The first-order valence-electron chi connectivity index (χ1n) is 9.03. The lowest BCUT2D eigenvalue weighted by atomic mass is 10.1. The lowest BCUT2D eigenvalue weighted by Crippen LogP contribution is -2.19. The van der Waals surface area contributed by atoms with Crippen molar-refractivity contribution in [2.75, 3.05) is 27.4 Å². The number of nitrogens with zero attached hydrogens (tertiary/aromatic N) is 1. The van der Waals surface area contributed by atoms with Gasteiger partial charge in [0.25, 0.3) is 0 Å². The zero-order chi connectivity index (χ0) is 21.8. The Bertz CT molecular complexity index is 1010. The predicted molar refractivity (Wildman–Crippen MR) is 108 cm³/mol. The van der Waals surface area contributed by atoms with Crippen LogP contribution in [-0.4, -0.2) is 52.1 Å². The van der Waals surface area contributed by atoms with E-state index >= 15 is 0 Å². The van der Waals surface area contributed by atoms with Gasteiger partial charge in [0, 0.05) is 24.1 Å². The van der Waals surface area contributed by atoms with Crippen LogP contribution in [0.3, 0.4) is 0 Å². The summed E-state index contributed by atoms with van der Waals surface area (Å²) in [7, 11) is -0.788. The number of hydrogen-bond donors (Lipinski definition) is 1. The number of aromatic nitrogens is 1. The van der Waals surface area contributed by atoms with Crippen LogP contribution in [0.15, 0.2) is 35.2 Å². The number of benzene rings is 1. The molecule has 29 heavy (non-hydrogen) atoms. The first-order valence-corrected chi connectivity index (χ1v) is 10.5. The minimum absolute atomic E-state index is 0.0494. The zero-order valence-electron chi connectivity index (χ0n) is 17.2. The third kappa shape index (κ3) is 5.11. The van der Waals surface area contributed by atoms with Crippen molar-refractivity contribution < 1.29 is 27.5 Å². The van der Waals surface area contributed by atoms with E-state index in [1.54, 1.807) is 13.2 Å². The lowest BCUT2D eigenvalue weighted by Gasteiger charge is -2.17. The molecule has 2 rings (SSSR count). The Morgan fingerprint density at radius 2 is 1.90 bits per heavy atom. The molecule has 0 radical (unpaired) electrons. The Morgan fingerprint density at radius 1 is 1.21 bits per heavy atom. The Morgan fingerprint density at radius 3 is 2.52 bits per heavy atom. The quantitative estimate of drug-likeness (QED) is 0.491. The van der Waals surface area contributed by atoms with Crippen molar-refractivity contribution in [2.45, 2.75) is 31.7 Å². The van der Waals surface area contributed by atoms with Gasteiger partial charge in [-0.25, -0.2) is 17.9 Å². The Labute approximate surface area is 170 Å². The second kappa shape index (κ2) is 9.34. The monoisotopic (exact) mass is 422 g/mol. The van der Waals surface area contributed by atoms with Crippen molar-refractivity contribution in [3.05, 3.63) is 52.8 Å². The molecule has 1 N–H and O–H groups in total. The average Bonchev–Trinajstić information content (AvgIpc) is 3.00. The zero-order valence-corrected chi connectivity index (χ0v) is 18.0. The van der Waals surface area contributed by atoms with Crippen molar-refractivity contribution >= 4 is 21.8 Å². The second-order valence-corrected chi connectivity index (χ2v) is 8.58. The van der Waals surface area contributed by atoms with E-state index in [0.717, 1.165) is 11.4 Å². The lowest BCUT2D eigenvalue weighted by molar-refractivity contribution is 0.0474. The number of ether oxygens (including phenoxy) is 2. The summed E-state index contributed by atoms with van der Waals surface area (Å²) >= 11 is 0. The highest BCUT2D eigenvalue weighted by Gasteiger charge is 2.21. The minimum Gasteiger partial charge on any atom is -0.454 e. The Balaban J connectivity index is 2.13. The maximum Gasteiger partial charge on any atom is 0.338 e. The van der Waals surface area contributed by atoms with Gasteiger partial charge in [0.2, 0.25) is 15.8 Å². The highest BCUT2D eigenvalue weighted by Crippen LogP contribution is 2.21. The molecule has 2 aromatic rings. The second-order valence-electron chi connectivity index (χ2n) is 6.69. The van der Waals surface area contributed by atoms with Crippen LogP contribution in [0.4, 0.5) is 0 Å². The average molecular weight is 423 g/mol. The van der Waals surface area contributed by atoms with Crippen molar-refractivity contribution in [3.8, 4) is 0 Å². The first kappa shape index (κ1) is 22.8. The van der Waals surface area contributed by atoms with E-state index in [2.05, 4.69) is 4.72 Å². The molecule has 0 fully saturated rings. The number of carbonyl (C=O) groups is 2. The largest absolute Gasteiger partial charge is 0.454 e. The number of rotatable bonds is 9. The summed E-state index contributed by atoms with van der Waals surface area (Å²) in [6.45, 7) is 5.79. The van der Waals surface area contributed by atoms with Gasteiger partial charge in [-0.3, -0.25) is 4.79 Å². The van der Waals surface area contributed by atoms with Crippen LogP contribution in [0, 0.1) is 13.8 Å². The smallest absolute Gasteiger partial charge is 0.338 e. The molecular formula is C20H26N2O6S. The van der Waals surface area contributed by atoms with Crippen LogP contribution in [0.5, 0.6) is 0 Å². The molecule has 1 aromatic carbocycles. The summed E-state index contributed by atoms with van der Waals surface area (Å²) in [5.74, 6) is -1.10. The summed E-state index contributed by atoms with van der Waals surface area (Å²) < 4.78 is 38.2. The molecule has 0 saturated heterocycles. The Hall–Kier alpha value is -2.49. The molecular weight excluding hydrogens is 396 g/mol. The van der Waals surface area contributed by atoms with Crippen LogP contribution in [0.25, 0.3) is 0 Å². The van der Waals surface area contributed by atoms with Gasteiger partial charge < -0.3 is 14.0 Å². The number of esters is 1. The summed E-state index contributed by atoms with van der Waals surface area (Å²) in [6.07, 6.45) is 0. The molecule has 0 bridgehead atoms. The first-order chi connectivity index (χ1) is 13.6. The van der Waals surface area contributed by atoms with Gasteiger partial charge in [0.05, 0.1) is 23.1 Å². The molecule has 0 spiro atoms. The molecule has 1 heterocycles. The van der Waals surface area contributed by atoms with E-state index in [4.69, 9.17) is 9.47 Å². The van der Waals surface area contributed by atoms with Gasteiger partial charge in [-0.1, -0.05) is 6.07 Å². The molecule has 0 aliphatic heterocycles. The van der Waals surface area contributed by atoms with Gasteiger partial charge in [-0.15, -0.1) is 0 Å². The number of Topliss-reactive ketones (excluding diaryl/α,β-unsaturated/α-hetero) is 1. The number of sulfonamides is 1. The fourth-order valence-electron chi connectivity index (χ4n) is 3.25. The van der Waals surface area contributed by atoms with Crippen LogP contribution >= 0.6 is 0 Å². The molecule has 0 aliphatic carbocycles. The van der Waals surface area contributed by atoms with Gasteiger partial charge >= 0.3 is 5.97 Å². The van der Waals surface area contributed by atoms with Gasteiger partial charge in [0.15, 0.2) is 6.61 Å². The minimum atomic E-state index is -3.69. The maximum absolute atomic E-state index is 12.6. The van der Waals surface area contributed by atoms with Gasteiger partial charge in [0.1, 0.15) is 0 Å². The van der Waals surface area contributed by atoms with Crippen LogP contribution in [-0.2, 0) is 19.5 Å². The van der Waals surface area contributed by atoms with E-state index in [1.165, 1.54) is 31.3 Å². The number of nitrogens with one attached hydrogen (secondary N) is 1. The number of ketones is 1. The van der Waals surface area contributed by atoms with Gasteiger partial charge in [-0.2, -0.15) is 0 Å². The van der Waals surface area contributed by atoms with Crippen LogP contribution < -0.4 is 4.72 Å². The molecule has 0 saturated carbocycles. The highest BCUT2D eigenvalue weighted by molar-refractivity contribution is 7.89. The molecule has 158 valence electrons. The van der Waals surface area contributed by atoms with E-state index < -0.39 is 22.6 Å². The van der Waals surface area contributed by atoms with Gasteiger partial charge in [-0.05, 0) is 52.1 Å². The van der Waals surface area contributed by atoms with Crippen molar-refractivity contribution in [1.29, 1.82) is 0 Å². The number of carbonyl (C=O) groups excluding carboxylic acids is 2. The number of methoxy groups -OCH3 is 1. The SMILES string of the molecule is CNS(=O)(=O)c1cccc(C(=O)OCC(=O)c2cc(C)n([C@@H](C)COC)c2C)c1. The molecule has 9 heteroatoms. The third-order valence-electron chi connectivity index (χ3n) is 4.62. The van der Waals surface area contributed by atoms with Crippen LogP contribution in [0.1, 0.15) is 45.1 Å². The molecule has 1 aromatic heterocycles. The molecule has 0 unspecified atom stereocenters. The topological polar surface area (TPSA) is 104 Å². The summed E-state index contributed by atoms with van der Waals surface area (Å²) in [5.41, 5.74) is 2.21. The fourth-order valence-corrected chi connectivity index (χ4v) is 4.03. The molecule has 0 amide bonds. The van der Waals surface area contributed by atoms with E-state index in [9.17, 15) is 18.0 Å². The summed E-state index contributed by atoms with van der Waals surface area (Å²) in [4.78, 5) is 24.8. The number of aryl methyl sites for hydroxylation is 1. The molecule has 1 atom stereocenters. The molecule has 0 aliphatic rings. The fraction of sp³-hybridized carbons (Fsp3) is 0.400. The van der Waals surface area contributed by atoms with E-state index in [-0.39, 0.29) is 22.3 Å². The van der Waals surface area contributed by atoms with Crippen molar-refractivity contribution in [1.82, 2.24) is 9.29 Å².